The van der Waals surface area contributed by atoms with E-state index >= 15 is 0 Å². The van der Waals surface area contributed by atoms with E-state index in [9.17, 15) is 22.8 Å². The van der Waals surface area contributed by atoms with E-state index in [-0.39, 0.29) is 49.0 Å². The van der Waals surface area contributed by atoms with Crippen molar-refractivity contribution in [2.24, 2.45) is 7.05 Å². The minimum atomic E-state index is -4.50. The number of hydrogen-bond acceptors (Lipinski definition) is 5. The Morgan fingerprint density at radius 2 is 1.85 bits per heavy atom. The summed E-state index contributed by atoms with van der Waals surface area (Å²) in [6.07, 6.45) is 0.744. The fourth-order valence-electron chi connectivity index (χ4n) is 3.48. The molecule has 0 bridgehead atoms. The molecule has 0 fully saturated rings. The number of nitrogens with zero attached hydrogens (tertiary/aromatic N) is 4. The Morgan fingerprint density at radius 1 is 1.12 bits per heavy atom. The number of imidazole rings is 1. The van der Waals surface area contributed by atoms with Gasteiger partial charge in [-0.2, -0.15) is 18.2 Å². The van der Waals surface area contributed by atoms with Crippen LogP contribution >= 0.6 is 0 Å². The van der Waals surface area contributed by atoms with Crippen molar-refractivity contribution in [1.82, 2.24) is 18.7 Å². The van der Waals surface area contributed by atoms with Crippen molar-refractivity contribution in [3.8, 4) is 11.8 Å². The van der Waals surface area contributed by atoms with Gasteiger partial charge in [-0.1, -0.05) is 11.5 Å². The van der Waals surface area contributed by atoms with Crippen LogP contribution in [0.2, 0.25) is 0 Å². The molecule has 0 radical (unpaired) electrons. The molecule has 176 valence electrons. The molecule has 1 aliphatic rings. The van der Waals surface area contributed by atoms with Crippen LogP contribution in [0, 0.1) is 0 Å². The van der Waals surface area contributed by atoms with Crippen LogP contribution in [0.1, 0.15) is 12.0 Å². The lowest BCUT2D eigenvalue weighted by Gasteiger charge is -2.12. The molecule has 1 N–H and O–H groups in total. The smallest absolute Gasteiger partial charge is 0.416 e. The van der Waals surface area contributed by atoms with E-state index < -0.39 is 23.0 Å². The number of ether oxygens (including phenoxy) is 1. The van der Waals surface area contributed by atoms with Crippen LogP contribution < -0.4 is 16.0 Å². The summed E-state index contributed by atoms with van der Waals surface area (Å²) in [7, 11) is 1.45. The predicted octanol–water partition coefficient (Wildman–Crippen LogP) is 2.90. The summed E-state index contributed by atoms with van der Waals surface area (Å²) in [5.41, 5.74) is 4.39. The number of hydrogen-bond donors (Lipinski definition) is 1. The molecule has 3 aromatic rings. The highest BCUT2D eigenvalue weighted by molar-refractivity contribution is 5.72. The SMILES string of the molecule is Cn1c(=O)n(CCCO)c(=O)c2c1nc(Oc1ccc(C(F)(F)F)cc1)n2CC1=CC=C=C=C1. The molecule has 2 aromatic heterocycles. The Hall–Kier alpha value is -4.04. The third-order valence-corrected chi connectivity index (χ3v) is 5.19. The highest BCUT2D eigenvalue weighted by Gasteiger charge is 2.30. The maximum atomic E-state index is 13.3. The van der Waals surface area contributed by atoms with E-state index in [1.165, 1.54) is 16.2 Å². The average molecular weight is 472 g/mol. The van der Waals surface area contributed by atoms with Crippen LogP contribution in [0.25, 0.3) is 11.2 Å². The van der Waals surface area contributed by atoms with Gasteiger partial charge in [0.2, 0.25) is 0 Å². The molecule has 1 aromatic carbocycles. The molecule has 2 heterocycles. The third-order valence-electron chi connectivity index (χ3n) is 5.19. The average Bonchev–Trinajstić information content (AvgIpc) is 3.16. The lowest BCUT2D eigenvalue weighted by Crippen LogP contribution is -2.39. The summed E-state index contributed by atoms with van der Waals surface area (Å²) < 4.78 is 48.1. The van der Waals surface area contributed by atoms with Crippen LogP contribution in [0.4, 0.5) is 13.2 Å². The van der Waals surface area contributed by atoms with Crippen molar-refractivity contribution in [3.05, 3.63) is 85.9 Å². The van der Waals surface area contributed by atoms with Crippen molar-refractivity contribution >= 4 is 11.2 Å². The summed E-state index contributed by atoms with van der Waals surface area (Å²) >= 11 is 0. The molecule has 0 atom stereocenters. The molecule has 8 nitrogen and oxygen atoms in total. The Bertz CT molecular complexity index is 1490. The Balaban J connectivity index is 1.86. The number of fused-ring (bicyclic) bond motifs is 1. The van der Waals surface area contributed by atoms with Crippen LogP contribution in [-0.4, -0.2) is 30.4 Å². The first-order valence-corrected chi connectivity index (χ1v) is 10.2. The second kappa shape index (κ2) is 9.07. The van der Waals surface area contributed by atoms with Gasteiger partial charge < -0.3 is 9.84 Å². The second-order valence-corrected chi connectivity index (χ2v) is 7.49. The predicted molar refractivity (Wildman–Crippen MR) is 117 cm³/mol. The molecule has 0 amide bonds. The van der Waals surface area contributed by atoms with Crippen LogP contribution in [0.3, 0.4) is 0 Å². The topological polar surface area (TPSA) is 91.3 Å². The lowest BCUT2D eigenvalue weighted by molar-refractivity contribution is -0.137. The van der Waals surface area contributed by atoms with Gasteiger partial charge in [-0.25, -0.2) is 4.79 Å². The van der Waals surface area contributed by atoms with Crippen LogP contribution in [0.15, 0.2) is 69.1 Å². The van der Waals surface area contributed by atoms with Gasteiger partial charge in [0.15, 0.2) is 11.2 Å². The molecular weight excluding hydrogens is 453 g/mol. The number of halogens is 3. The normalized spacial score (nSPS) is 13.0. The Kier molecular flexibility index (Phi) is 6.17. The van der Waals surface area contributed by atoms with Crippen molar-refractivity contribution in [1.29, 1.82) is 0 Å². The zero-order valence-corrected chi connectivity index (χ0v) is 18.0. The van der Waals surface area contributed by atoms with Gasteiger partial charge in [-0.15, -0.1) is 0 Å². The fraction of sp³-hybridized carbons (Fsp3) is 0.261. The Labute approximate surface area is 190 Å². The molecule has 0 saturated carbocycles. The molecule has 0 spiro atoms. The van der Waals surface area contributed by atoms with Crippen molar-refractivity contribution in [2.75, 3.05) is 6.61 Å². The van der Waals surface area contributed by atoms with E-state index in [1.807, 2.05) is 0 Å². The molecular formula is C23H19F3N4O4. The standard InChI is InChI=1S/C23H19F3N4O4/c1-28-19-18(20(32)29(22(28)33)12-5-13-31)30(14-15-6-3-2-4-7-15)21(27-19)34-17-10-8-16(9-11-17)23(24,25)26/h3,6-11,31H,5,12-14H2,1H3. The third kappa shape index (κ3) is 4.40. The largest absolute Gasteiger partial charge is 0.425 e. The van der Waals surface area contributed by atoms with E-state index in [0.29, 0.717) is 0 Å². The van der Waals surface area contributed by atoms with Gasteiger partial charge in [0, 0.05) is 20.2 Å². The van der Waals surface area contributed by atoms with Crippen molar-refractivity contribution in [3.63, 3.8) is 0 Å². The number of aryl methyl sites for hydroxylation is 1. The number of rotatable bonds is 7. The maximum Gasteiger partial charge on any atom is 0.416 e. The van der Waals surface area contributed by atoms with Crippen LogP contribution in [-0.2, 0) is 26.3 Å². The summed E-state index contributed by atoms with van der Waals surface area (Å²) in [5.74, 6) is 0.0723. The fourth-order valence-corrected chi connectivity index (χ4v) is 3.48. The summed E-state index contributed by atoms with van der Waals surface area (Å²) in [5, 5.41) is 9.14. The number of aliphatic hydroxyl groups is 1. The molecule has 11 heteroatoms. The van der Waals surface area contributed by atoms with Gasteiger partial charge in [0.1, 0.15) is 5.75 Å². The molecule has 0 unspecified atom stereocenters. The van der Waals surface area contributed by atoms with Gasteiger partial charge in [0.05, 0.1) is 12.1 Å². The number of benzene rings is 1. The van der Waals surface area contributed by atoms with E-state index in [1.54, 1.807) is 18.2 Å². The van der Waals surface area contributed by atoms with Gasteiger partial charge in [-0.3, -0.25) is 18.5 Å². The van der Waals surface area contributed by atoms with Crippen LogP contribution in [0.5, 0.6) is 11.8 Å². The number of aromatic nitrogens is 4. The molecule has 1 aliphatic carbocycles. The summed E-state index contributed by atoms with van der Waals surface area (Å²) in [4.78, 5) is 30.3. The minimum Gasteiger partial charge on any atom is -0.425 e. The van der Waals surface area contributed by atoms with E-state index in [0.717, 1.165) is 34.4 Å². The molecule has 0 saturated heterocycles. The van der Waals surface area contributed by atoms with E-state index in [2.05, 4.69) is 16.4 Å². The highest BCUT2D eigenvalue weighted by Crippen LogP contribution is 2.32. The Morgan fingerprint density at radius 3 is 2.47 bits per heavy atom. The van der Waals surface area contributed by atoms with Crippen molar-refractivity contribution < 1.29 is 23.0 Å². The summed E-state index contributed by atoms with van der Waals surface area (Å²) in [6, 6.07) is 3.98. The quantitative estimate of drug-likeness (QED) is 0.534. The second-order valence-electron chi connectivity index (χ2n) is 7.49. The number of aliphatic hydroxyl groups excluding tert-OH is 1. The first-order valence-electron chi connectivity index (χ1n) is 10.2. The first-order chi connectivity index (χ1) is 16.2. The maximum absolute atomic E-state index is 13.3. The van der Waals surface area contributed by atoms with Gasteiger partial charge in [0.25, 0.3) is 5.56 Å². The van der Waals surface area contributed by atoms with E-state index in [4.69, 9.17) is 9.84 Å². The molecule has 4 rings (SSSR count). The monoisotopic (exact) mass is 472 g/mol. The number of allylic oxidation sites excluding steroid dienone is 4. The first kappa shape index (κ1) is 23.1. The van der Waals surface area contributed by atoms with Crippen molar-refractivity contribution in [2.45, 2.75) is 25.7 Å². The lowest BCUT2D eigenvalue weighted by atomic mass is 10.2. The van der Waals surface area contributed by atoms with Gasteiger partial charge >= 0.3 is 17.9 Å². The zero-order chi connectivity index (χ0) is 24.5. The molecule has 34 heavy (non-hydrogen) atoms. The highest BCUT2D eigenvalue weighted by atomic mass is 19.4. The number of alkyl halides is 3. The van der Waals surface area contributed by atoms with Gasteiger partial charge in [-0.05, 0) is 54.5 Å². The zero-order valence-electron chi connectivity index (χ0n) is 18.0. The molecule has 0 aliphatic heterocycles. The summed E-state index contributed by atoms with van der Waals surface area (Å²) in [6.45, 7) is -0.0804. The minimum absolute atomic E-state index is 0.00625.